The molecule has 1 aliphatic rings. The molecule has 3 N–H and O–H groups in total. The van der Waals surface area contributed by atoms with Crippen LogP contribution in [0.5, 0.6) is 0 Å². The molecule has 0 spiro atoms. The van der Waals surface area contributed by atoms with E-state index < -0.39 is 42.6 Å². The number of halogens is 1. The first-order valence-electron chi connectivity index (χ1n) is 7.81. The number of hydrogen-bond acceptors (Lipinski definition) is 9. The number of aromatic nitrogens is 4. The molecule has 1 saturated heterocycles. The van der Waals surface area contributed by atoms with Gasteiger partial charge in [-0.1, -0.05) is 13.8 Å². The lowest BCUT2D eigenvalue weighted by atomic mass is 10.1. The lowest BCUT2D eigenvalue weighted by Crippen LogP contribution is -2.42. The maximum absolute atomic E-state index is 15.1. The van der Waals surface area contributed by atoms with Gasteiger partial charge in [-0.25, -0.2) is 19.3 Å². The number of nitrogen functional groups attached to an aromatic ring is 1. The minimum Gasteiger partial charge on any atom is -0.459 e. The van der Waals surface area contributed by atoms with E-state index in [1.807, 2.05) is 6.07 Å². The van der Waals surface area contributed by atoms with Crippen LogP contribution in [0.2, 0.25) is 0 Å². The summed E-state index contributed by atoms with van der Waals surface area (Å²) in [5.74, 6) is -3.80. The standard InChI is InChI=1S/C15H17FN6O4/c1-8(2)13(24)25-5-15(16)9(23)3-14(4-17,26-15)22-7-21-10-11(18)19-6-20-12(10)22/h6-9,23H,3,5H2,1-2H3,(H2,18,19,20)/t9-,14-,15+/m0/s1. The van der Waals surface area contributed by atoms with Crippen molar-refractivity contribution in [3.05, 3.63) is 12.7 Å². The number of nitrogens with zero attached hydrogens (tertiary/aromatic N) is 5. The van der Waals surface area contributed by atoms with E-state index in [9.17, 15) is 15.2 Å². The average molecular weight is 364 g/mol. The first-order valence-corrected chi connectivity index (χ1v) is 7.81. The Morgan fingerprint density at radius 2 is 2.35 bits per heavy atom. The normalized spacial score (nSPS) is 28.4. The zero-order chi connectivity index (χ0) is 19.1. The Labute approximate surface area is 147 Å². The molecule has 3 atom stereocenters. The van der Waals surface area contributed by atoms with Gasteiger partial charge in [-0.05, 0) is 0 Å². The van der Waals surface area contributed by atoms with E-state index in [2.05, 4.69) is 15.0 Å². The van der Waals surface area contributed by atoms with Gasteiger partial charge in [-0.15, -0.1) is 0 Å². The summed E-state index contributed by atoms with van der Waals surface area (Å²) in [5.41, 5.74) is 4.13. The van der Waals surface area contributed by atoms with Crippen LogP contribution in [0.1, 0.15) is 20.3 Å². The molecule has 1 fully saturated rings. The summed E-state index contributed by atoms with van der Waals surface area (Å²) in [6.45, 7) is 2.32. The fraction of sp³-hybridized carbons (Fsp3) is 0.533. The lowest BCUT2D eigenvalue weighted by molar-refractivity contribution is -0.232. The van der Waals surface area contributed by atoms with E-state index in [0.29, 0.717) is 0 Å². The highest BCUT2D eigenvalue weighted by atomic mass is 19.2. The third-order valence-electron chi connectivity index (χ3n) is 4.11. The number of imidazole rings is 1. The molecule has 0 bridgehead atoms. The number of nitrogens with two attached hydrogens (primary N) is 1. The van der Waals surface area contributed by atoms with Gasteiger partial charge in [0, 0.05) is 6.42 Å². The van der Waals surface area contributed by atoms with Crippen molar-refractivity contribution in [3.63, 3.8) is 0 Å². The molecule has 0 aliphatic carbocycles. The minimum absolute atomic E-state index is 0.0813. The van der Waals surface area contributed by atoms with Gasteiger partial charge in [-0.3, -0.25) is 14.1 Å². The van der Waals surface area contributed by atoms with Crippen LogP contribution in [0.15, 0.2) is 12.7 Å². The Bertz CT molecular complexity index is 896. The lowest BCUT2D eigenvalue weighted by Gasteiger charge is -2.26. The van der Waals surface area contributed by atoms with Gasteiger partial charge in [0.2, 0.25) is 5.72 Å². The average Bonchev–Trinajstić information content (AvgIpc) is 3.14. The number of carbonyl (C=O) groups excluding carboxylic acids is 1. The second kappa shape index (κ2) is 6.15. The molecular weight excluding hydrogens is 347 g/mol. The predicted octanol–water partition coefficient (Wildman–Crippen LogP) is 0.231. The first-order chi connectivity index (χ1) is 12.2. The first kappa shape index (κ1) is 18.0. The van der Waals surface area contributed by atoms with E-state index in [-0.39, 0.29) is 17.0 Å². The SMILES string of the molecule is CC(C)C(=O)OC[C@@]1(F)O[C@@](C#N)(n2cnc3c(N)ncnc32)C[C@@H]1O. The second-order valence-electron chi connectivity index (χ2n) is 6.31. The third kappa shape index (κ3) is 2.73. The van der Waals surface area contributed by atoms with Gasteiger partial charge in [-0.2, -0.15) is 5.26 Å². The summed E-state index contributed by atoms with van der Waals surface area (Å²) in [7, 11) is 0. The Kier molecular flexibility index (Phi) is 4.25. The summed E-state index contributed by atoms with van der Waals surface area (Å²) in [4.78, 5) is 23.4. The molecule has 3 rings (SSSR count). The highest BCUT2D eigenvalue weighted by molar-refractivity contribution is 5.81. The van der Waals surface area contributed by atoms with Crippen molar-refractivity contribution in [1.82, 2.24) is 19.5 Å². The summed E-state index contributed by atoms with van der Waals surface area (Å²) in [6, 6.07) is 1.85. The van der Waals surface area contributed by atoms with Gasteiger partial charge >= 0.3 is 5.97 Å². The van der Waals surface area contributed by atoms with Gasteiger partial charge in [0.05, 0.1) is 5.92 Å². The van der Waals surface area contributed by atoms with E-state index in [1.165, 1.54) is 17.2 Å². The van der Waals surface area contributed by atoms with Crippen molar-refractivity contribution in [1.29, 1.82) is 5.26 Å². The Morgan fingerprint density at radius 3 is 3.00 bits per heavy atom. The fourth-order valence-corrected chi connectivity index (χ4v) is 2.65. The summed E-state index contributed by atoms with van der Waals surface area (Å²) >= 11 is 0. The van der Waals surface area contributed by atoms with Crippen LogP contribution in [0.3, 0.4) is 0 Å². The van der Waals surface area contributed by atoms with Crippen molar-refractivity contribution < 1.29 is 23.8 Å². The molecule has 138 valence electrons. The number of rotatable bonds is 4. The third-order valence-corrected chi connectivity index (χ3v) is 4.11. The molecule has 0 unspecified atom stereocenters. The molecule has 11 heteroatoms. The summed E-state index contributed by atoms with van der Waals surface area (Å²) in [5, 5.41) is 19.8. The molecule has 0 saturated carbocycles. The number of nitriles is 1. The Morgan fingerprint density at radius 1 is 1.62 bits per heavy atom. The summed E-state index contributed by atoms with van der Waals surface area (Å²) in [6.07, 6.45) is 0.240. The number of ether oxygens (including phenoxy) is 2. The highest BCUT2D eigenvalue weighted by Gasteiger charge is 2.59. The van der Waals surface area contributed by atoms with Gasteiger partial charge in [0.25, 0.3) is 5.85 Å². The van der Waals surface area contributed by atoms with Crippen LogP contribution in [0.4, 0.5) is 10.2 Å². The molecule has 0 amide bonds. The van der Waals surface area contributed by atoms with Gasteiger partial charge in [0.15, 0.2) is 18.1 Å². The van der Waals surface area contributed by atoms with Crippen molar-refractivity contribution in [2.45, 2.75) is 38.0 Å². The van der Waals surface area contributed by atoms with Crippen LogP contribution in [-0.4, -0.2) is 49.2 Å². The molecule has 2 aromatic heterocycles. The predicted molar refractivity (Wildman–Crippen MR) is 84.7 cm³/mol. The molecule has 2 aromatic rings. The Hall–Kier alpha value is -2.84. The fourth-order valence-electron chi connectivity index (χ4n) is 2.65. The number of aliphatic hydroxyl groups is 1. The van der Waals surface area contributed by atoms with Crippen LogP contribution in [-0.2, 0) is 20.0 Å². The van der Waals surface area contributed by atoms with Crippen molar-refractivity contribution >= 4 is 23.0 Å². The monoisotopic (exact) mass is 364 g/mol. The number of hydrogen-bond donors (Lipinski definition) is 2. The molecule has 3 heterocycles. The topological polar surface area (TPSA) is 149 Å². The minimum atomic E-state index is -2.75. The van der Waals surface area contributed by atoms with E-state index in [4.69, 9.17) is 15.2 Å². The molecule has 26 heavy (non-hydrogen) atoms. The number of alkyl halides is 1. The molecular formula is C15H17FN6O4. The van der Waals surface area contributed by atoms with Crippen molar-refractivity contribution in [2.75, 3.05) is 12.3 Å². The maximum Gasteiger partial charge on any atom is 0.308 e. The largest absolute Gasteiger partial charge is 0.459 e. The van der Waals surface area contributed by atoms with E-state index in [1.54, 1.807) is 13.8 Å². The zero-order valence-corrected chi connectivity index (χ0v) is 14.1. The molecule has 1 aliphatic heterocycles. The van der Waals surface area contributed by atoms with E-state index in [0.717, 1.165) is 0 Å². The van der Waals surface area contributed by atoms with Crippen LogP contribution >= 0.6 is 0 Å². The molecule has 0 radical (unpaired) electrons. The number of carbonyl (C=O) groups is 1. The van der Waals surface area contributed by atoms with Crippen LogP contribution in [0, 0.1) is 17.2 Å². The van der Waals surface area contributed by atoms with Gasteiger partial charge < -0.3 is 15.6 Å². The smallest absolute Gasteiger partial charge is 0.308 e. The Balaban J connectivity index is 1.95. The van der Waals surface area contributed by atoms with E-state index >= 15 is 4.39 Å². The second-order valence-corrected chi connectivity index (χ2v) is 6.31. The maximum atomic E-state index is 15.1. The number of anilines is 1. The zero-order valence-electron chi connectivity index (χ0n) is 14.1. The quantitative estimate of drug-likeness (QED) is 0.727. The number of fused-ring (bicyclic) bond motifs is 1. The molecule has 0 aromatic carbocycles. The highest BCUT2D eigenvalue weighted by Crippen LogP contribution is 2.43. The number of esters is 1. The van der Waals surface area contributed by atoms with Crippen molar-refractivity contribution in [2.24, 2.45) is 5.92 Å². The van der Waals surface area contributed by atoms with Crippen molar-refractivity contribution in [3.8, 4) is 6.07 Å². The van der Waals surface area contributed by atoms with Crippen LogP contribution < -0.4 is 5.73 Å². The number of aliphatic hydroxyl groups excluding tert-OH is 1. The van der Waals surface area contributed by atoms with Gasteiger partial charge in [0.1, 0.15) is 30.3 Å². The van der Waals surface area contributed by atoms with Crippen LogP contribution in [0.25, 0.3) is 11.2 Å². The molecule has 10 nitrogen and oxygen atoms in total. The summed E-state index contributed by atoms with van der Waals surface area (Å²) < 4.78 is 26.4.